The van der Waals surface area contributed by atoms with Crippen molar-refractivity contribution in [1.29, 1.82) is 0 Å². The first kappa shape index (κ1) is 24.2. The van der Waals surface area contributed by atoms with Gasteiger partial charge in [-0.2, -0.15) is 0 Å². The fraction of sp³-hybridized carbons (Fsp3) is 0.250. The number of hydrogen-bond donors (Lipinski definition) is 2. The molecule has 2 aliphatic heterocycles. The predicted octanol–water partition coefficient (Wildman–Crippen LogP) is 2.54. The van der Waals surface area contributed by atoms with Crippen molar-refractivity contribution < 1.29 is 19.5 Å². The maximum absolute atomic E-state index is 13.0. The van der Waals surface area contributed by atoms with E-state index in [4.69, 9.17) is 0 Å². The second kappa shape index (κ2) is 10.2. The van der Waals surface area contributed by atoms with Crippen molar-refractivity contribution in [2.45, 2.75) is 25.3 Å². The van der Waals surface area contributed by atoms with Gasteiger partial charge >= 0.3 is 0 Å². The number of nitrogens with one attached hydrogen (secondary N) is 1. The molecule has 4 heterocycles. The van der Waals surface area contributed by atoms with Crippen LogP contribution in [0.4, 0.5) is 0 Å². The topological polar surface area (TPSA) is 116 Å². The summed E-state index contributed by atoms with van der Waals surface area (Å²) in [7, 11) is 1.50. The van der Waals surface area contributed by atoms with Gasteiger partial charge in [0.05, 0.1) is 17.3 Å². The molecule has 0 saturated carbocycles. The van der Waals surface area contributed by atoms with E-state index < -0.39 is 5.91 Å². The third kappa shape index (κ3) is 4.80. The number of phenolic OH excluding ortho intramolecular Hbond substituents is 1. The van der Waals surface area contributed by atoms with E-state index in [1.807, 2.05) is 29.2 Å². The monoisotopic (exact) mass is 497 g/mol. The molecular formula is C28H27N5O4. The lowest BCUT2D eigenvalue weighted by Gasteiger charge is -2.36. The van der Waals surface area contributed by atoms with Crippen LogP contribution < -0.4 is 5.32 Å². The fourth-order valence-electron chi connectivity index (χ4n) is 4.87. The van der Waals surface area contributed by atoms with Gasteiger partial charge in [0.25, 0.3) is 17.7 Å². The van der Waals surface area contributed by atoms with E-state index in [-0.39, 0.29) is 35.7 Å². The zero-order chi connectivity index (χ0) is 25.9. The van der Waals surface area contributed by atoms with Gasteiger partial charge in [-0.3, -0.25) is 29.3 Å². The second-order valence-corrected chi connectivity index (χ2v) is 9.17. The molecule has 3 amide bonds. The fourth-order valence-corrected chi connectivity index (χ4v) is 4.87. The first-order chi connectivity index (χ1) is 17.9. The van der Waals surface area contributed by atoms with Crippen molar-refractivity contribution in [2.24, 2.45) is 0 Å². The van der Waals surface area contributed by atoms with Gasteiger partial charge in [0.1, 0.15) is 11.4 Å². The average Bonchev–Trinajstić information content (AvgIpc) is 3.16. The third-order valence-electron chi connectivity index (χ3n) is 6.81. The Balaban J connectivity index is 1.41. The van der Waals surface area contributed by atoms with Gasteiger partial charge < -0.3 is 15.3 Å². The minimum Gasteiger partial charge on any atom is -0.507 e. The molecule has 0 bridgehead atoms. The molecule has 2 aromatic heterocycles. The van der Waals surface area contributed by atoms with Crippen LogP contribution in [0.25, 0.3) is 11.3 Å². The van der Waals surface area contributed by atoms with Crippen LogP contribution in [0.3, 0.4) is 0 Å². The third-order valence-corrected chi connectivity index (χ3v) is 6.81. The summed E-state index contributed by atoms with van der Waals surface area (Å²) in [5.41, 5.74) is 3.75. The van der Waals surface area contributed by atoms with Gasteiger partial charge in [0, 0.05) is 49.9 Å². The van der Waals surface area contributed by atoms with Gasteiger partial charge in [0.15, 0.2) is 0 Å². The van der Waals surface area contributed by atoms with Gasteiger partial charge in [-0.15, -0.1) is 0 Å². The van der Waals surface area contributed by atoms with E-state index in [1.165, 1.54) is 13.1 Å². The standard InChI is InChI=1S/C28H27N5O4/c1-32-27(36)22-8-5-13-33(25(22)28(32)37)20(17-31-26(35)21-7-2-3-9-24(21)34)14-18-10-11-23(30-15-18)19-6-4-12-29-16-19/h2-4,6-7,9-12,15-16,20,34H,5,8,13-14,17H2,1H3,(H,31,35)/t20-/m0/s1. The van der Waals surface area contributed by atoms with Crippen molar-refractivity contribution in [3.05, 3.63) is 89.5 Å². The minimum absolute atomic E-state index is 0.104. The predicted molar refractivity (Wildman–Crippen MR) is 136 cm³/mol. The first-order valence-corrected chi connectivity index (χ1v) is 12.2. The van der Waals surface area contributed by atoms with E-state index in [2.05, 4.69) is 15.3 Å². The van der Waals surface area contributed by atoms with E-state index in [1.54, 1.807) is 36.8 Å². The Morgan fingerprint density at radius 2 is 1.92 bits per heavy atom. The second-order valence-electron chi connectivity index (χ2n) is 9.17. The number of phenols is 1. The quantitative estimate of drug-likeness (QED) is 0.482. The number of carbonyl (C=O) groups is 3. The molecule has 3 aromatic rings. The lowest BCUT2D eigenvalue weighted by Crippen LogP contribution is -2.48. The summed E-state index contributed by atoms with van der Waals surface area (Å²) in [6, 6.07) is 13.7. The molecule has 0 fully saturated rings. The Hall–Kier alpha value is -4.53. The molecule has 9 nitrogen and oxygen atoms in total. The largest absolute Gasteiger partial charge is 0.507 e. The van der Waals surface area contributed by atoms with Crippen LogP contribution in [0.15, 0.2) is 78.4 Å². The molecule has 37 heavy (non-hydrogen) atoms. The van der Waals surface area contributed by atoms with Crippen LogP contribution >= 0.6 is 0 Å². The number of imide groups is 1. The normalized spacial score (nSPS) is 16.1. The number of pyridine rings is 2. The maximum atomic E-state index is 13.0. The van der Waals surface area contributed by atoms with Gasteiger partial charge in [-0.05, 0) is 55.2 Å². The van der Waals surface area contributed by atoms with Gasteiger partial charge in [-0.25, -0.2) is 0 Å². The summed E-state index contributed by atoms with van der Waals surface area (Å²) in [5, 5.41) is 13.0. The zero-order valence-corrected chi connectivity index (χ0v) is 20.4. The number of aromatic hydroxyl groups is 1. The number of aromatic nitrogens is 2. The average molecular weight is 498 g/mol. The summed E-state index contributed by atoms with van der Waals surface area (Å²) in [6.45, 7) is 0.795. The molecule has 0 aliphatic carbocycles. The van der Waals surface area contributed by atoms with Gasteiger partial charge in [-0.1, -0.05) is 18.2 Å². The van der Waals surface area contributed by atoms with E-state index in [0.717, 1.165) is 28.1 Å². The van der Waals surface area contributed by atoms with Crippen LogP contribution in [-0.2, 0) is 16.0 Å². The Morgan fingerprint density at radius 1 is 1.08 bits per heavy atom. The number of benzene rings is 1. The highest BCUT2D eigenvalue weighted by Gasteiger charge is 2.42. The van der Waals surface area contributed by atoms with Crippen LogP contribution in [0.2, 0.25) is 0 Å². The summed E-state index contributed by atoms with van der Waals surface area (Å²) in [5.74, 6) is -1.09. The van der Waals surface area contributed by atoms with Crippen LogP contribution in [0.1, 0.15) is 28.8 Å². The SMILES string of the molecule is CN1C(=O)C2=C(C1=O)N([C@H](CNC(=O)c1ccccc1O)Cc1ccc(-c3cccnc3)nc1)CCC2. The Morgan fingerprint density at radius 3 is 2.65 bits per heavy atom. The molecule has 2 N–H and O–H groups in total. The molecule has 0 unspecified atom stereocenters. The Kier molecular flexibility index (Phi) is 6.68. The summed E-state index contributed by atoms with van der Waals surface area (Å²) in [6.07, 6.45) is 7.02. The lowest BCUT2D eigenvalue weighted by molar-refractivity contribution is -0.136. The number of rotatable bonds is 7. The molecule has 1 atom stereocenters. The number of para-hydroxylation sites is 1. The Labute approximate surface area is 214 Å². The lowest BCUT2D eigenvalue weighted by atomic mass is 9.98. The summed E-state index contributed by atoms with van der Waals surface area (Å²) in [4.78, 5) is 50.3. The van der Waals surface area contributed by atoms with Crippen molar-refractivity contribution >= 4 is 17.7 Å². The summed E-state index contributed by atoms with van der Waals surface area (Å²) >= 11 is 0. The zero-order valence-electron chi connectivity index (χ0n) is 20.4. The van der Waals surface area contributed by atoms with Crippen molar-refractivity contribution in [3.8, 4) is 17.0 Å². The number of carbonyl (C=O) groups excluding carboxylic acids is 3. The molecule has 5 rings (SSSR count). The molecule has 2 aliphatic rings. The molecule has 0 spiro atoms. The van der Waals surface area contributed by atoms with Crippen LogP contribution in [0.5, 0.6) is 5.75 Å². The van der Waals surface area contributed by atoms with E-state index in [9.17, 15) is 19.5 Å². The Bertz CT molecular complexity index is 1370. The molecule has 9 heteroatoms. The highest BCUT2D eigenvalue weighted by atomic mass is 16.3. The number of amides is 3. The van der Waals surface area contributed by atoms with Crippen molar-refractivity contribution in [3.63, 3.8) is 0 Å². The van der Waals surface area contributed by atoms with Crippen molar-refractivity contribution in [2.75, 3.05) is 20.1 Å². The molecule has 1 aromatic carbocycles. The highest BCUT2D eigenvalue weighted by molar-refractivity contribution is 6.19. The van der Waals surface area contributed by atoms with E-state index >= 15 is 0 Å². The maximum Gasteiger partial charge on any atom is 0.277 e. The summed E-state index contributed by atoms with van der Waals surface area (Å²) < 4.78 is 0. The van der Waals surface area contributed by atoms with Gasteiger partial charge in [0.2, 0.25) is 0 Å². The first-order valence-electron chi connectivity index (χ1n) is 12.2. The van der Waals surface area contributed by atoms with Crippen molar-refractivity contribution in [1.82, 2.24) is 25.1 Å². The minimum atomic E-state index is -0.412. The number of hydrogen-bond acceptors (Lipinski definition) is 7. The number of nitrogens with zero attached hydrogens (tertiary/aromatic N) is 4. The number of likely N-dealkylation sites (N-methyl/N-ethyl adjacent to an activating group) is 1. The molecule has 0 radical (unpaired) electrons. The van der Waals surface area contributed by atoms with Crippen LogP contribution in [-0.4, -0.2) is 68.8 Å². The van der Waals surface area contributed by atoms with Crippen LogP contribution in [0, 0.1) is 0 Å². The smallest absolute Gasteiger partial charge is 0.277 e. The van der Waals surface area contributed by atoms with E-state index in [0.29, 0.717) is 30.7 Å². The highest BCUT2D eigenvalue weighted by Crippen LogP contribution is 2.32. The molecule has 188 valence electrons. The molecule has 0 saturated heterocycles. The molecular weight excluding hydrogens is 470 g/mol.